The van der Waals surface area contributed by atoms with Crippen LogP contribution in [0.2, 0.25) is 18.1 Å². The Morgan fingerprint density at radius 2 is 1.22 bits per heavy atom. The highest BCUT2D eigenvalue weighted by atomic mass is 28.4. The van der Waals surface area contributed by atoms with Gasteiger partial charge >= 0.3 is 12.2 Å². The van der Waals surface area contributed by atoms with E-state index in [0.29, 0.717) is 39.3 Å². The normalized spacial score (nSPS) is 21.6. The van der Waals surface area contributed by atoms with E-state index in [1.165, 1.54) is 0 Å². The fourth-order valence-corrected chi connectivity index (χ4v) is 4.45. The maximum Gasteiger partial charge on any atom is 0.410 e. The zero-order valence-corrected chi connectivity index (χ0v) is 26.2. The summed E-state index contributed by atoms with van der Waals surface area (Å²) in [5.74, 6) is 0. The minimum Gasteiger partial charge on any atom is -0.444 e. The number of nitrogens with zero attached hydrogens (tertiary/aromatic N) is 2. The molecule has 0 unspecified atom stereocenters. The van der Waals surface area contributed by atoms with Crippen LogP contribution in [0.25, 0.3) is 0 Å². The zero-order chi connectivity index (χ0) is 28.7. The van der Waals surface area contributed by atoms with E-state index in [0.717, 1.165) is 6.54 Å². The van der Waals surface area contributed by atoms with E-state index in [1.54, 1.807) is 9.80 Å². The predicted octanol–water partition coefficient (Wildman–Crippen LogP) is 3.40. The minimum atomic E-state index is -1.75. The third kappa shape index (κ3) is 12.8. The Morgan fingerprint density at radius 3 is 1.59 bits per heavy atom. The monoisotopic (exact) mass is 546 g/mol. The Balaban J connectivity index is 0.000000397. The van der Waals surface area contributed by atoms with E-state index >= 15 is 0 Å². The minimum absolute atomic E-state index is 0.0359. The molecule has 2 aliphatic heterocycles. The first-order chi connectivity index (χ1) is 16.7. The summed E-state index contributed by atoms with van der Waals surface area (Å²) in [7, 11) is -1.75. The number of aliphatic hydroxyl groups excluding tert-OH is 1. The van der Waals surface area contributed by atoms with Gasteiger partial charge in [-0.3, -0.25) is 0 Å². The van der Waals surface area contributed by atoms with Crippen molar-refractivity contribution in [1.29, 1.82) is 0 Å². The summed E-state index contributed by atoms with van der Waals surface area (Å²) in [5.41, 5.74) is -0.911. The first-order valence-corrected chi connectivity index (χ1v) is 16.3. The molecule has 2 fully saturated rings. The molecule has 37 heavy (non-hydrogen) atoms. The lowest BCUT2D eigenvalue weighted by molar-refractivity contribution is 0.0164. The fourth-order valence-electron chi connectivity index (χ4n) is 3.39. The molecule has 218 valence electrons. The number of carbonyl (C=O) groups excluding carboxylic acids is 2. The van der Waals surface area contributed by atoms with Crippen molar-refractivity contribution in [2.75, 3.05) is 52.5 Å². The van der Waals surface area contributed by atoms with Crippen LogP contribution >= 0.6 is 0 Å². The summed E-state index contributed by atoms with van der Waals surface area (Å²) < 4.78 is 17.0. The molecular weight excluding hydrogens is 492 g/mol. The molecule has 3 N–H and O–H groups in total. The molecule has 2 heterocycles. The summed E-state index contributed by atoms with van der Waals surface area (Å²) in [4.78, 5) is 27.2. The Kier molecular flexibility index (Phi) is 12.4. The SMILES string of the molecule is CC(C)(C)OC(=O)N1CCN[C@H](CO)C1.CC(C)(C)OC(=O)N1CCN[C@H](CO[Si](C)(C)C(C)(C)C)C1. The van der Waals surface area contributed by atoms with Gasteiger partial charge in [0, 0.05) is 51.4 Å². The maximum absolute atomic E-state index is 12.2. The average molecular weight is 547 g/mol. The van der Waals surface area contributed by atoms with Crippen LogP contribution in [0.4, 0.5) is 9.59 Å². The van der Waals surface area contributed by atoms with Crippen LogP contribution in [0.3, 0.4) is 0 Å². The van der Waals surface area contributed by atoms with Gasteiger partial charge in [-0.1, -0.05) is 20.8 Å². The van der Waals surface area contributed by atoms with Gasteiger partial charge < -0.3 is 39.4 Å². The summed E-state index contributed by atoms with van der Waals surface area (Å²) in [6, 6.07) is 0.140. The predicted molar refractivity (Wildman–Crippen MR) is 149 cm³/mol. The summed E-state index contributed by atoms with van der Waals surface area (Å²) in [6.45, 7) is 27.1. The largest absolute Gasteiger partial charge is 0.444 e. The first kappa shape index (κ1) is 33.6. The molecule has 2 amide bonds. The quantitative estimate of drug-likeness (QED) is 0.460. The molecule has 2 saturated heterocycles. The van der Waals surface area contributed by atoms with Crippen molar-refractivity contribution < 1.29 is 28.6 Å². The van der Waals surface area contributed by atoms with Crippen LogP contribution in [0.1, 0.15) is 62.3 Å². The molecule has 10 nitrogen and oxygen atoms in total. The summed E-state index contributed by atoms with van der Waals surface area (Å²) in [6.07, 6.45) is -0.534. The van der Waals surface area contributed by atoms with Crippen LogP contribution < -0.4 is 10.6 Å². The Morgan fingerprint density at radius 1 is 0.811 bits per heavy atom. The van der Waals surface area contributed by atoms with E-state index < -0.39 is 19.5 Å². The number of hydrogen-bond donors (Lipinski definition) is 3. The number of carbonyl (C=O) groups is 2. The molecule has 2 atom stereocenters. The number of hydrogen-bond acceptors (Lipinski definition) is 8. The van der Waals surface area contributed by atoms with E-state index in [2.05, 4.69) is 44.5 Å². The second-order valence-corrected chi connectivity index (χ2v) is 18.2. The Bertz CT molecular complexity index is 730. The lowest BCUT2D eigenvalue weighted by Crippen LogP contribution is -2.56. The molecule has 2 aliphatic rings. The van der Waals surface area contributed by atoms with Gasteiger partial charge in [-0.15, -0.1) is 0 Å². The second-order valence-electron chi connectivity index (χ2n) is 13.4. The molecule has 0 aromatic heterocycles. The molecule has 0 saturated carbocycles. The topological polar surface area (TPSA) is 113 Å². The third-order valence-electron chi connectivity index (χ3n) is 6.49. The van der Waals surface area contributed by atoms with Crippen LogP contribution in [-0.4, -0.2) is 111 Å². The van der Waals surface area contributed by atoms with Gasteiger partial charge in [0.1, 0.15) is 11.2 Å². The molecule has 0 bridgehead atoms. The number of aliphatic hydroxyl groups is 1. The number of nitrogens with one attached hydrogen (secondary N) is 2. The highest BCUT2D eigenvalue weighted by molar-refractivity contribution is 6.74. The van der Waals surface area contributed by atoms with Crippen LogP contribution in [0.5, 0.6) is 0 Å². The van der Waals surface area contributed by atoms with E-state index in [-0.39, 0.29) is 35.9 Å². The highest BCUT2D eigenvalue weighted by Crippen LogP contribution is 2.36. The number of amides is 2. The highest BCUT2D eigenvalue weighted by Gasteiger charge is 2.38. The van der Waals surface area contributed by atoms with Crippen molar-refractivity contribution in [3.8, 4) is 0 Å². The Hall–Kier alpha value is -1.40. The second kappa shape index (κ2) is 13.6. The molecule has 0 aromatic carbocycles. The van der Waals surface area contributed by atoms with Gasteiger partial charge in [0.05, 0.1) is 13.2 Å². The molecule has 0 aromatic rings. The number of piperazine rings is 2. The molecule has 2 rings (SSSR count). The first-order valence-electron chi connectivity index (χ1n) is 13.4. The van der Waals surface area contributed by atoms with Crippen molar-refractivity contribution in [2.24, 2.45) is 0 Å². The zero-order valence-electron chi connectivity index (χ0n) is 25.2. The number of rotatable bonds is 4. The van der Waals surface area contributed by atoms with E-state index in [9.17, 15) is 9.59 Å². The van der Waals surface area contributed by atoms with Gasteiger partial charge in [0.15, 0.2) is 8.32 Å². The summed E-state index contributed by atoms with van der Waals surface area (Å²) in [5, 5.41) is 15.7. The van der Waals surface area contributed by atoms with Crippen LogP contribution in [0, 0.1) is 0 Å². The van der Waals surface area contributed by atoms with Crippen molar-refractivity contribution in [3.63, 3.8) is 0 Å². The lowest BCUT2D eigenvalue weighted by atomic mass is 10.2. The lowest BCUT2D eigenvalue weighted by Gasteiger charge is -2.39. The average Bonchev–Trinajstić information content (AvgIpc) is 2.75. The molecule has 0 radical (unpaired) electrons. The van der Waals surface area contributed by atoms with Crippen LogP contribution in [0.15, 0.2) is 0 Å². The van der Waals surface area contributed by atoms with Gasteiger partial charge in [0.2, 0.25) is 0 Å². The molecule has 0 aliphatic carbocycles. The van der Waals surface area contributed by atoms with Crippen molar-refractivity contribution >= 4 is 20.5 Å². The van der Waals surface area contributed by atoms with Crippen molar-refractivity contribution in [2.45, 2.75) is 104 Å². The van der Waals surface area contributed by atoms with E-state index in [1.807, 2.05) is 41.5 Å². The van der Waals surface area contributed by atoms with Gasteiger partial charge in [0.25, 0.3) is 0 Å². The van der Waals surface area contributed by atoms with Gasteiger partial charge in [-0.25, -0.2) is 9.59 Å². The molecule has 11 heteroatoms. The number of ether oxygens (including phenoxy) is 2. The summed E-state index contributed by atoms with van der Waals surface area (Å²) >= 11 is 0. The van der Waals surface area contributed by atoms with Crippen molar-refractivity contribution in [1.82, 2.24) is 20.4 Å². The standard InChI is InChI=1S/C16H34N2O3Si.C10H20N2O3/c1-15(2,3)21-14(19)18-10-9-17-13(11-18)12-20-22(7,8)16(4,5)6;1-10(2,3)15-9(14)12-5-4-11-8(6-12)7-13/h13,17H,9-12H2,1-8H3;8,11,13H,4-7H2,1-3H3/t13-;8-/m00/s1. The smallest absolute Gasteiger partial charge is 0.410 e. The third-order valence-corrected chi connectivity index (χ3v) is 11.0. The van der Waals surface area contributed by atoms with E-state index in [4.69, 9.17) is 19.0 Å². The molecular formula is C26H54N4O6Si. The molecule has 0 spiro atoms. The Labute approximate surface area is 225 Å². The van der Waals surface area contributed by atoms with Gasteiger partial charge in [-0.05, 0) is 59.7 Å². The van der Waals surface area contributed by atoms with Crippen LogP contribution in [-0.2, 0) is 13.9 Å². The van der Waals surface area contributed by atoms with Gasteiger partial charge in [-0.2, -0.15) is 0 Å². The maximum atomic E-state index is 12.2. The fraction of sp³-hybridized carbons (Fsp3) is 0.923. The van der Waals surface area contributed by atoms with Crippen molar-refractivity contribution in [3.05, 3.63) is 0 Å².